The Morgan fingerprint density at radius 3 is 2.44 bits per heavy atom. The molecule has 1 saturated carbocycles. The van der Waals surface area contributed by atoms with Crippen LogP contribution in [-0.2, 0) is 4.79 Å². The fraction of sp³-hybridized carbons (Fsp3) is 0.556. The zero-order valence-corrected chi connectivity index (χ0v) is 14.3. The third-order valence-corrected chi connectivity index (χ3v) is 4.88. The van der Waals surface area contributed by atoms with Crippen molar-refractivity contribution < 1.29 is 14.0 Å². The number of amides is 3. The minimum atomic E-state index is -0.401. The minimum absolute atomic E-state index is 0.184. The molecule has 1 aromatic rings. The van der Waals surface area contributed by atoms with Crippen molar-refractivity contribution in [3.05, 3.63) is 30.1 Å². The van der Waals surface area contributed by atoms with Gasteiger partial charge in [0, 0.05) is 32.2 Å². The number of benzene rings is 1. The SMILES string of the molecule is O=C(CN1CCN(c2ccccc2F)CC1)NC(=O)NC1CCCC1. The van der Waals surface area contributed by atoms with Gasteiger partial charge >= 0.3 is 6.03 Å². The van der Waals surface area contributed by atoms with Crippen LogP contribution >= 0.6 is 0 Å². The van der Waals surface area contributed by atoms with Crippen LogP contribution < -0.4 is 15.5 Å². The number of para-hydroxylation sites is 1. The lowest BCUT2D eigenvalue weighted by atomic mass is 10.2. The van der Waals surface area contributed by atoms with Gasteiger partial charge in [0.05, 0.1) is 12.2 Å². The van der Waals surface area contributed by atoms with E-state index in [1.165, 1.54) is 6.07 Å². The molecule has 1 aliphatic carbocycles. The van der Waals surface area contributed by atoms with Crippen LogP contribution in [0.2, 0.25) is 0 Å². The monoisotopic (exact) mass is 348 g/mol. The van der Waals surface area contributed by atoms with Gasteiger partial charge in [0.25, 0.3) is 0 Å². The molecule has 25 heavy (non-hydrogen) atoms. The number of hydrogen-bond acceptors (Lipinski definition) is 4. The molecule has 6 nitrogen and oxygen atoms in total. The van der Waals surface area contributed by atoms with E-state index in [-0.39, 0.29) is 24.3 Å². The van der Waals surface area contributed by atoms with Gasteiger partial charge in [-0.25, -0.2) is 9.18 Å². The van der Waals surface area contributed by atoms with E-state index >= 15 is 0 Å². The summed E-state index contributed by atoms with van der Waals surface area (Å²) in [4.78, 5) is 27.8. The van der Waals surface area contributed by atoms with E-state index < -0.39 is 6.03 Å². The predicted octanol–water partition coefficient (Wildman–Crippen LogP) is 1.72. The highest BCUT2D eigenvalue weighted by molar-refractivity contribution is 5.95. The smallest absolute Gasteiger partial charge is 0.321 e. The molecule has 0 atom stereocenters. The number of anilines is 1. The second kappa shape index (κ2) is 8.29. The molecule has 0 aromatic heterocycles. The normalized spacial score (nSPS) is 19.0. The summed E-state index contributed by atoms with van der Waals surface area (Å²) in [6, 6.07) is 6.51. The molecular formula is C18H25FN4O2. The molecule has 2 N–H and O–H groups in total. The van der Waals surface area contributed by atoms with Crippen molar-refractivity contribution in [1.29, 1.82) is 0 Å². The van der Waals surface area contributed by atoms with Crippen molar-refractivity contribution in [3.8, 4) is 0 Å². The lowest BCUT2D eigenvalue weighted by Gasteiger charge is -2.35. The maximum Gasteiger partial charge on any atom is 0.321 e. The van der Waals surface area contributed by atoms with Gasteiger partial charge in [0.2, 0.25) is 5.91 Å². The number of rotatable bonds is 4. The molecule has 0 unspecified atom stereocenters. The van der Waals surface area contributed by atoms with Crippen molar-refractivity contribution in [2.75, 3.05) is 37.6 Å². The lowest BCUT2D eigenvalue weighted by Crippen LogP contribution is -2.51. The van der Waals surface area contributed by atoms with Gasteiger partial charge in [-0.1, -0.05) is 25.0 Å². The average molecular weight is 348 g/mol. The van der Waals surface area contributed by atoms with Crippen molar-refractivity contribution in [2.45, 2.75) is 31.7 Å². The number of urea groups is 1. The quantitative estimate of drug-likeness (QED) is 0.870. The molecule has 7 heteroatoms. The fourth-order valence-electron chi connectivity index (χ4n) is 3.52. The Labute approximate surface area is 147 Å². The van der Waals surface area contributed by atoms with Crippen LogP contribution in [-0.4, -0.2) is 55.6 Å². The molecule has 3 amide bonds. The van der Waals surface area contributed by atoms with Crippen molar-refractivity contribution in [1.82, 2.24) is 15.5 Å². The number of imide groups is 1. The summed E-state index contributed by atoms with van der Waals surface area (Å²) in [5.41, 5.74) is 0.600. The summed E-state index contributed by atoms with van der Waals surface area (Å²) in [6.45, 7) is 2.81. The summed E-state index contributed by atoms with van der Waals surface area (Å²) in [7, 11) is 0. The Hall–Kier alpha value is -2.15. The molecular weight excluding hydrogens is 323 g/mol. The molecule has 3 rings (SSSR count). The fourth-order valence-corrected chi connectivity index (χ4v) is 3.52. The van der Waals surface area contributed by atoms with Crippen LogP contribution in [0.25, 0.3) is 0 Å². The van der Waals surface area contributed by atoms with E-state index in [1.807, 2.05) is 15.9 Å². The Bertz CT molecular complexity index is 611. The maximum absolute atomic E-state index is 13.8. The highest BCUT2D eigenvalue weighted by Crippen LogP contribution is 2.20. The van der Waals surface area contributed by atoms with Gasteiger partial charge in [-0.3, -0.25) is 15.0 Å². The van der Waals surface area contributed by atoms with E-state index in [1.54, 1.807) is 12.1 Å². The van der Waals surface area contributed by atoms with E-state index in [2.05, 4.69) is 10.6 Å². The highest BCUT2D eigenvalue weighted by atomic mass is 19.1. The molecule has 1 saturated heterocycles. The summed E-state index contributed by atoms with van der Waals surface area (Å²) in [5.74, 6) is -0.521. The first-order valence-corrected chi connectivity index (χ1v) is 8.94. The standard InChI is InChI=1S/C18H25FN4O2/c19-15-7-3-4-8-16(15)23-11-9-22(10-12-23)13-17(24)21-18(25)20-14-5-1-2-6-14/h3-4,7-8,14H,1-2,5-6,9-13H2,(H2,20,21,24,25). The number of carbonyl (C=O) groups excluding carboxylic acids is 2. The first-order valence-electron chi connectivity index (χ1n) is 8.94. The lowest BCUT2D eigenvalue weighted by molar-refractivity contribution is -0.121. The van der Waals surface area contributed by atoms with Crippen molar-refractivity contribution in [2.24, 2.45) is 0 Å². The number of nitrogens with zero attached hydrogens (tertiary/aromatic N) is 2. The average Bonchev–Trinajstić information content (AvgIpc) is 3.09. The largest absolute Gasteiger partial charge is 0.367 e. The zero-order chi connectivity index (χ0) is 17.6. The Kier molecular flexibility index (Phi) is 5.86. The van der Waals surface area contributed by atoms with E-state index in [0.29, 0.717) is 31.9 Å². The first-order chi connectivity index (χ1) is 12.1. The second-order valence-corrected chi connectivity index (χ2v) is 6.72. The van der Waals surface area contributed by atoms with Gasteiger partial charge in [-0.15, -0.1) is 0 Å². The van der Waals surface area contributed by atoms with Crippen molar-refractivity contribution >= 4 is 17.6 Å². The number of nitrogens with one attached hydrogen (secondary N) is 2. The third kappa shape index (κ3) is 4.92. The second-order valence-electron chi connectivity index (χ2n) is 6.72. The van der Waals surface area contributed by atoms with Gasteiger partial charge in [-0.05, 0) is 25.0 Å². The maximum atomic E-state index is 13.8. The van der Waals surface area contributed by atoms with Crippen LogP contribution in [0.1, 0.15) is 25.7 Å². The molecule has 0 radical (unpaired) electrons. The topological polar surface area (TPSA) is 64.7 Å². The van der Waals surface area contributed by atoms with E-state index in [0.717, 1.165) is 25.7 Å². The van der Waals surface area contributed by atoms with Gasteiger partial charge in [0.15, 0.2) is 0 Å². The summed E-state index contributed by atoms with van der Waals surface area (Å²) < 4.78 is 13.8. The molecule has 1 aromatic carbocycles. The first kappa shape index (κ1) is 17.7. The number of halogens is 1. The third-order valence-electron chi connectivity index (χ3n) is 4.88. The Balaban J connectivity index is 1.40. The number of carbonyl (C=O) groups is 2. The molecule has 0 spiro atoms. The summed E-state index contributed by atoms with van der Waals surface area (Å²) in [6.07, 6.45) is 4.23. The van der Waals surface area contributed by atoms with Gasteiger partial charge < -0.3 is 10.2 Å². The van der Waals surface area contributed by atoms with Crippen LogP contribution in [0.3, 0.4) is 0 Å². The van der Waals surface area contributed by atoms with Crippen LogP contribution in [0.4, 0.5) is 14.9 Å². The summed E-state index contributed by atoms with van der Waals surface area (Å²) in [5, 5.41) is 5.24. The summed E-state index contributed by atoms with van der Waals surface area (Å²) >= 11 is 0. The highest BCUT2D eigenvalue weighted by Gasteiger charge is 2.22. The molecule has 136 valence electrons. The Morgan fingerprint density at radius 2 is 1.76 bits per heavy atom. The number of hydrogen-bond donors (Lipinski definition) is 2. The number of piperazine rings is 1. The minimum Gasteiger partial charge on any atom is -0.367 e. The molecule has 1 aliphatic heterocycles. The van der Waals surface area contributed by atoms with Gasteiger partial charge in [0.1, 0.15) is 5.82 Å². The predicted molar refractivity (Wildman–Crippen MR) is 94.0 cm³/mol. The van der Waals surface area contributed by atoms with Crippen LogP contribution in [0, 0.1) is 5.82 Å². The molecule has 1 heterocycles. The van der Waals surface area contributed by atoms with Crippen molar-refractivity contribution in [3.63, 3.8) is 0 Å². The van der Waals surface area contributed by atoms with Gasteiger partial charge in [-0.2, -0.15) is 0 Å². The molecule has 2 fully saturated rings. The van der Waals surface area contributed by atoms with Crippen LogP contribution in [0.15, 0.2) is 24.3 Å². The molecule has 0 bridgehead atoms. The van der Waals surface area contributed by atoms with Crippen LogP contribution in [0.5, 0.6) is 0 Å². The van der Waals surface area contributed by atoms with E-state index in [4.69, 9.17) is 0 Å². The molecule has 2 aliphatic rings. The Morgan fingerprint density at radius 1 is 1.08 bits per heavy atom. The zero-order valence-electron chi connectivity index (χ0n) is 14.3. The van der Waals surface area contributed by atoms with E-state index in [9.17, 15) is 14.0 Å².